The summed E-state index contributed by atoms with van der Waals surface area (Å²) in [6, 6.07) is 8.52. The van der Waals surface area contributed by atoms with Gasteiger partial charge in [-0.05, 0) is 43.4 Å². The first-order valence-electron chi connectivity index (χ1n) is 7.07. The smallest absolute Gasteiger partial charge is 0.340 e. The molecule has 0 radical (unpaired) electrons. The highest BCUT2D eigenvalue weighted by molar-refractivity contribution is 5.92. The Labute approximate surface area is 120 Å². The highest BCUT2D eigenvalue weighted by Gasteiger charge is 2.17. The van der Waals surface area contributed by atoms with Crippen molar-refractivity contribution in [3.05, 3.63) is 58.4 Å². The molecule has 0 amide bonds. The Kier molecular flexibility index (Phi) is 4.61. The van der Waals surface area contributed by atoms with E-state index in [-0.39, 0.29) is 5.97 Å². The van der Waals surface area contributed by atoms with Gasteiger partial charge in [0.05, 0.1) is 12.2 Å². The number of carbonyl (C=O) groups excluding carboxylic acids is 1. The fourth-order valence-electron chi connectivity index (χ4n) is 2.32. The second kappa shape index (κ2) is 6.42. The van der Waals surface area contributed by atoms with Gasteiger partial charge < -0.3 is 9.72 Å². The molecule has 0 saturated heterocycles. The molecule has 2 rings (SSSR count). The summed E-state index contributed by atoms with van der Waals surface area (Å²) >= 11 is 0. The Bertz CT molecular complexity index is 582. The quantitative estimate of drug-likeness (QED) is 0.843. The predicted octanol–water partition coefficient (Wildman–Crippen LogP) is 3.65. The molecule has 3 heteroatoms. The highest BCUT2D eigenvalue weighted by Crippen LogP contribution is 2.19. The number of rotatable bonds is 5. The van der Waals surface area contributed by atoms with E-state index in [1.807, 2.05) is 20.0 Å². The summed E-state index contributed by atoms with van der Waals surface area (Å²) in [6.07, 6.45) is 3.68. The molecule has 0 aliphatic heterocycles. The number of aromatic amines is 1. The molecule has 3 nitrogen and oxygen atoms in total. The molecule has 0 aliphatic rings. The van der Waals surface area contributed by atoms with Gasteiger partial charge in [0.2, 0.25) is 0 Å². The minimum Gasteiger partial charge on any atom is -0.462 e. The zero-order chi connectivity index (χ0) is 14.5. The van der Waals surface area contributed by atoms with Gasteiger partial charge in [0.15, 0.2) is 0 Å². The van der Waals surface area contributed by atoms with Crippen molar-refractivity contribution in [1.29, 1.82) is 0 Å². The maximum Gasteiger partial charge on any atom is 0.340 e. The van der Waals surface area contributed by atoms with E-state index >= 15 is 0 Å². The predicted molar refractivity (Wildman–Crippen MR) is 80.1 cm³/mol. The molecule has 2 aromatic rings. The second-order valence-electron chi connectivity index (χ2n) is 4.88. The number of carbonyl (C=O) groups is 1. The number of H-pyrrole nitrogens is 1. The van der Waals surface area contributed by atoms with Crippen LogP contribution in [0.5, 0.6) is 0 Å². The van der Waals surface area contributed by atoms with Crippen LogP contribution in [0.2, 0.25) is 0 Å². The first-order valence-corrected chi connectivity index (χ1v) is 7.07. The Hall–Kier alpha value is -2.03. The number of hydrogen-bond donors (Lipinski definition) is 1. The van der Waals surface area contributed by atoms with Gasteiger partial charge in [0.25, 0.3) is 0 Å². The molecule has 20 heavy (non-hydrogen) atoms. The summed E-state index contributed by atoms with van der Waals surface area (Å²) in [6.45, 7) is 6.26. The van der Waals surface area contributed by atoms with E-state index in [9.17, 15) is 4.79 Å². The number of hydrogen-bond acceptors (Lipinski definition) is 2. The summed E-state index contributed by atoms with van der Waals surface area (Å²) in [5.74, 6) is -0.244. The third-order valence-corrected chi connectivity index (χ3v) is 3.46. The van der Waals surface area contributed by atoms with E-state index in [1.165, 1.54) is 11.1 Å². The number of benzene rings is 1. The molecule has 106 valence electrons. The second-order valence-corrected chi connectivity index (χ2v) is 4.88. The van der Waals surface area contributed by atoms with Crippen LogP contribution >= 0.6 is 0 Å². The van der Waals surface area contributed by atoms with Crippen molar-refractivity contribution in [2.45, 2.75) is 33.6 Å². The van der Waals surface area contributed by atoms with Gasteiger partial charge in [-0.3, -0.25) is 0 Å². The molecular weight excluding hydrogens is 250 g/mol. The maximum absolute atomic E-state index is 12.0. The zero-order valence-electron chi connectivity index (χ0n) is 12.3. The normalized spacial score (nSPS) is 10.6. The molecule has 1 aromatic carbocycles. The van der Waals surface area contributed by atoms with E-state index in [0.717, 1.165) is 24.1 Å². The third-order valence-electron chi connectivity index (χ3n) is 3.46. The summed E-state index contributed by atoms with van der Waals surface area (Å²) in [4.78, 5) is 15.1. The van der Waals surface area contributed by atoms with E-state index in [4.69, 9.17) is 4.74 Å². The summed E-state index contributed by atoms with van der Waals surface area (Å²) < 4.78 is 5.12. The number of nitrogens with one attached hydrogen (secondary N) is 1. The lowest BCUT2D eigenvalue weighted by atomic mass is 10.0. The molecule has 1 N–H and O–H groups in total. The van der Waals surface area contributed by atoms with Crippen LogP contribution in [0.4, 0.5) is 0 Å². The van der Waals surface area contributed by atoms with Crippen LogP contribution < -0.4 is 0 Å². The van der Waals surface area contributed by atoms with Gasteiger partial charge in [-0.1, -0.05) is 31.2 Å². The van der Waals surface area contributed by atoms with Crippen molar-refractivity contribution in [1.82, 2.24) is 4.98 Å². The van der Waals surface area contributed by atoms with Crippen LogP contribution in [0.25, 0.3) is 0 Å². The lowest BCUT2D eigenvalue weighted by Gasteiger charge is -2.06. The average molecular weight is 271 g/mol. The summed E-state index contributed by atoms with van der Waals surface area (Å²) in [5.41, 5.74) is 5.05. The van der Waals surface area contributed by atoms with E-state index in [2.05, 4.69) is 36.2 Å². The van der Waals surface area contributed by atoms with Gasteiger partial charge in [0.1, 0.15) is 0 Å². The van der Waals surface area contributed by atoms with Crippen molar-refractivity contribution in [2.75, 3.05) is 6.61 Å². The Morgan fingerprint density at radius 3 is 2.40 bits per heavy atom. The number of ether oxygens (including phenoxy) is 1. The van der Waals surface area contributed by atoms with Crippen molar-refractivity contribution in [2.24, 2.45) is 0 Å². The van der Waals surface area contributed by atoms with Crippen LogP contribution in [0.15, 0.2) is 30.5 Å². The zero-order valence-corrected chi connectivity index (χ0v) is 12.3. The van der Waals surface area contributed by atoms with E-state index < -0.39 is 0 Å². The molecule has 0 aliphatic carbocycles. The molecule has 0 fully saturated rings. The third kappa shape index (κ3) is 3.10. The van der Waals surface area contributed by atoms with Crippen LogP contribution in [-0.2, 0) is 17.6 Å². The van der Waals surface area contributed by atoms with Gasteiger partial charge in [-0.2, -0.15) is 0 Å². The lowest BCUT2D eigenvalue weighted by Crippen LogP contribution is -2.08. The van der Waals surface area contributed by atoms with Crippen molar-refractivity contribution in [3.8, 4) is 0 Å². The monoisotopic (exact) mass is 271 g/mol. The largest absolute Gasteiger partial charge is 0.462 e. The van der Waals surface area contributed by atoms with Crippen molar-refractivity contribution < 1.29 is 9.53 Å². The Balaban J connectivity index is 2.22. The number of aryl methyl sites for hydroxylation is 2. The fourth-order valence-corrected chi connectivity index (χ4v) is 2.32. The van der Waals surface area contributed by atoms with Crippen molar-refractivity contribution >= 4 is 5.97 Å². The van der Waals surface area contributed by atoms with Gasteiger partial charge >= 0.3 is 5.97 Å². The van der Waals surface area contributed by atoms with Crippen LogP contribution in [0, 0.1) is 6.92 Å². The first-order chi connectivity index (χ1) is 9.65. The molecule has 0 atom stereocenters. The van der Waals surface area contributed by atoms with Gasteiger partial charge in [-0.15, -0.1) is 0 Å². The standard InChI is InChI=1S/C17H21NO2/c1-4-13-6-8-14(9-7-13)10-15-11-18-12(3)16(15)17(19)20-5-2/h6-9,11,18H,4-5,10H2,1-3H3. The number of aromatic nitrogens is 1. The average Bonchev–Trinajstić information content (AvgIpc) is 2.81. The Morgan fingerprint density at radius 2 is 1.80 bits per heavy atom. The lowest BCUT2D eigenvalue weighted by molar-refractivity contribution is 0.0524. The first kappa shape index (κ1) is 14.4. The Morgan fingerprint density at radius 1 is 1.15 bits per heavy atom. The minimum absolute atomic E-state index is 0.244. The van der Waals surface area contributed by atoms with Crippen LogP contribution in [0.1, 0.15) is 46.6 Å². The SMILES string of the molecule is CCOC(=O)c1c(Cc2ccc(CC)cc2)c[nH]c1C. The van der Waals surface area contributed by atoms with Gasteiger partial charge in [-0.25, -0.2) is 4.79 Å². The molecular formula is C17H21NO2. The van der Waals surface area contributed by atoms with Crippen molar-refractivity contribution in [3.63, 3.8) is 0 Å². The molecule has 0 spiro atoms. The van der Waals surface area contributed by atoms with Gasteiger partial charge in [0, 0.05) is 11.9 Å². The molecule has 1 heterocycles. The van der Waals surface area contributed by atoms with E-state index in [0.29, 0.717) is 12.2 Å². The summed E-state index contributed by atoms with van der Waals surface area (Å²) in [5, 5.41) is 0. The molecule has 1 aromatic heterocycles. The highest BCUT2D eigenvalue weighted by atomic mass is 16.5. The minimum atomic E-state index is -0.244. The summed E-state index contributed by atoms with van der Waals surface area (Å²) in [7, 11) is 0. The number of esters is 1. The molecule has 0 unspecified atom stereocenters. The molecule has 0 saturated carbocycles. The van der Waals surface area contributed by atoms with E-state index in [1.54, 1.807) is 0 Å². The van der Waals surface area contributed by atoms with Crippen LogP contribution in [0.3, 0.4) is 0 Å². The topological polar surface area (TPSA) is 42.1 Å². The maximum atomic E-state index is 12.0. The fraction of sp³-hybridized carbons (Fsp3) is 0.353. The van der Waals surface area contributed by atoms with Crippen LogP contribution in [-0.4, -0.2) is 17.6 Å². The molecule has 0 bridgehead atoms.